The van der Waals surface area contributed by atoms with Gasteiger partial charge in [-0.3, -0.25) is 14.1 Å². The van der Waals surface area contributed by atoms with Crippen molar-refractivity contribution in [3.05, 3.63) is 27.4 Å². The average molecular weight is 526 g/mol. The van der Waals surface area contributed by atoms with Crippen molar-refractivity contribution in [3.63, 3.8) is 0 Å². The Bertz CT molecular complexity index is 1140. The molecule has 31 heavy (non-hydrogen) atoms. The Morgan fingerprint density at radius 1 is 1.29 bits per heavy atom. The van der Waals surface area contributed by atoms with Gasteiger partial charge in [0.25, 0.3) is 0 Å². The van der Waals surface area contributed by atoms with Crippen LogP contribution in [0.3, 0.4) is 0 Å². The molecule has 1 aliphatic rings. The summed E-state index contributed by atoms with van der Waals surface area (Å²) in [6, 6.07) is 1.18. The van der Waals surface area contributed by atoms with E-state index in [9.17, 15) is 28.5 Å². The van der Waals surface area contributed by atoms with Crippen LogP contribution in [0, 0.1) is 17.0 Å². The van der Waals surface area contributed by atoms with Gasteiger partial charge >= 0.3 is 29.2 Å². The Morgan fingerprint density at radius 2 is 1.90 bits per heavy atom. The third kappa shape index (κ3) is 6.47. The molecule has 1 aromatic rings. The Hall–Kier alpha value is -1.08. The van der Waals surface area contributed by atoms with Crippen LogP contribution in [0.1, 0.15) is 6.23 Å². The molecule has 2 heterocycles. The van der Waals surface area contributed by atoms with E-state index < -0.39 is 59.9 Å². The minimum absolute atomic E-state index is 0.00540. The number of H-pyrrole nitrogens is 1. The number of aliphatic hydroxyl groups excluding tert-OH is 1. The summed E-state index contributed by atoms with van der Waals surface area (Å²) in [6.45, 7) is -1.19. The van der Waals surface area contributed by atoms with Gasteiger partial charge in [0, 0.05) is 6.20 Å². The molecule has 1 fully saturated rings. The molecule has 0 radical (unpaired) electrons. The van der Waals surface area contributed by atoms with Gasteiger partial charge in [0.15, 0.2) is 6.23 Å². The molecule has 1 saturated heterocycles. The molecule has 1 aromatic heterocycles. The molecule has 6 atom stereocenters. The molecule has 0 aromatic carbocycles. The van der Waals surface area contributed by atoms with Crippen LogP contribution >= 0.6 is 35.7 Å². The van der Waals surface area contributed by atoms with Crippen LogP contribution in [0.4, 0.5) is 4.39 Å². The molecule has 20 heteroatoms. The molecule has 0 aliphatic carbocycles. The Morgan fingerprint density at radius 3 is 2.42 bits per heavy atom. The first-order valence-electron chi connectivity index (χ1n) is 7.60. The fraction of sp³-hybridized carbons (Fsp3) is 0.455. The van der Waals surface area contributed by atoms with Crippen LogP contribution in [0.15, 0.2) is 17.1 Å². The van der Waals surface area contributed by atoms with Crippen molar-refractivity contribution in [2.24, 2.45) is 0 Å². The third-order valence-electron chi connectivity index (χ3n) is 3.59. The van der Waals surface area contributed by atoms with Crippen molar-refractivity contribution < 1.29 is 60.6 Å². The largest absolute Gasteiger partial charge is 0.490 e. The highest BCUT2D eigenvalue weighted by Gasteiger charge is 2.58. The smallest absolute Gasteiger partial charge is 0.386 e. The van der Waals surface area contributed by atoms with E-state index >= 15 is 4.39 Å². The summed E-state index contributed by atoms with van der Waals surface area (Å²) in [5, 5.41) is 10.2. The zero-order valence-electron chi connectivity index (χ0n) is 14.7. The monoisotopic (exact) mass is 526 g/mol. The molecule has 0 spiro atoms. The summed E-state index contributed by atoms with van der Waals surface area (Å²) in [6.07, 6.45) is 0.131. The molecule has 0 amide bonds. The van der Waals surface area contributed by atoms with Gasteiger partial charge in [-0.1, -0.05) is 18.1 Å². The van der Waals surface area contributed by atoms with Crippen molar-refractivity contribution in [1.82, 2.24) is 9.55 Å². The van der Waals surface area contributed by atoms with Gasteiger partial charge in [-0.25, -0.2) is 22.9 Å². The number of ether oxygens (including phenoxy) is 1. The molecule has 0 bridgehead atoms. The average Bonchev–Trinajstić information content (AvgIpc) is 2.82. The van der Waals surface area contributed by atoms with Gasteiger partial charge in [-0.15, -0.1) is 6.42 Å². The summed E-state index contributed by atoms with van der Waals surface area (Å²) < 4.78 is 65.9. The Balaban J connectivity index is 2.19. The topological polar surface area (TPSA) is 227 Å². The molecule has 6 N–H and O–H groups in total. The Kier molecular flexibility index (Phi) is 7.64. The van der Waals surface area contributed by atoms with E-state index in [2.05, 4.69) is 18.1 Å². The highest BCUT2D eigenvalue weighted by atomic mass is 32.1. The minimum Gasteiger partial charge on any atom is -0.386 e. The van der Waals surface area contributed by atoms with Gasteiger partial charge in [0.1, 0.15) is 16.8 Å². The first-order chi connectivity index (χ1) is 14.0. The first-order valence-corrected chi connectivity index (χ1v) is 12.5. The predicted molar refractivity (Wildman–Crippen MR) is 98.3 cm³/mol. The maximum absolute atomic E-state index is 15.2. The van der Waals surface area contributed by atoms with Crippen molar-refractivity contribution in [2.75, 3.05) is 6.61 Å². The number of rotatable bonds is 8. The van der Waals surface area contributed by atoms with Crippen LogP contribution in [0.25, 0.3) is 0 Å². The number of aliphatic hydroxyl groups is 1. The number of phosphoric acid groups is 3. The van der Waals surface area contributed by atoms with E-state index in [0.717, 1.165) is 6.20 Å². The molecule has 6 unspecified atom stereocenters. The molecular weight excluding hydrogens is 512 g/mol. The lowest BCUT2D eigenvalue weighted by Crippen LogP contribution is -2.44. The minimum atomic E-state index is -5.79. The van der Waals surface area contributed by atoms with Crippen LogP contribution < -0.4 is 5.69 Å². The number of nitrogens with one attached hydrogen (secondary N) is 1. The van der Waals surface area contributed by atoms with Crippen molar-refractivity contribution in [1.29, 1.82) is 0 Å². The molecule has 1 aliphatic heterocycles. The van der Waals surface area contributed by atoms with E-state index in [0.29, 0.717) is 4.57 Å². The zero-order valence-corrected chi connectivity index (χ0v) is 18.2. The van der Waals surface area contributed by atoms with E-state index in [1.165, 1.54) is 6.07 Å². The second-order valence-corrected chi connectivity index (χ2v) is 10.6. The lowest BCUT2D eigenvalue weighted by Gasteiger charge is -2.23. The first kappa shape index (κ1) is 26.2. The number of nitrogens with zero attached hydrogens (tertiary/aromatic N) is 1. The van der Waals surface area contributed by atoms with Crippen molar-refractivity contribution >= 4 is 35.7 Å². The number of aromatic nitrogens is 2. The predicted octanol–water partition coefficient (Wildman–Crippen LogP) is -0.151. The van der Waals surface area contributed by atoms with Gasteiger partial charge in [-0.2, -0.15) is 8.62 Å². The highest BCUT2D eigenvalue weighted by molar-refractivity contribution is 7.71. The normalized spacial score (nSPS) is 30.3. The van der Waals surface area contributed by atoms with Gasteiger partial charge < -0.3 is 29.4 Å². The van der Waals surface area contributed by atoms with E-state index in [-0.39, 0.29) is 4.64 Å². The maximum Gasteiger partial charge on any atom is 0.490 e. The van der Waals surface area contributed by atoms with Gasteiger partial charge in [0.05, 0.1) is 6.61 Å². The summed E-state index contributed by atoms with van der Waals surface area (Å²) in [5.74, 6) is 1.62. The standard InChI is InChI=1S/C11H14FN2O13P3S/c1-2-11(12)8(15)6(25-9(11)14-4-3-7(31)13-10(14)16)5-24-29(20,21)27-30(22,23)26-28(17,18)19/h1,3-4,6,8-9,15H,5H2,(H,20,21)(H,22,23)(H,13,16,31)(H2,17,18,19). The summed E-state index contributed by atoms with van der Waals surface area (Å²) in [7, 11) is -17.0. The molecular formula is C11H14FN2O13P3S. The number of hydrogen-bond acceptors (Lipinski definition) is 10. The van der Waals surface area contributed by atoms with Gasteiger partial charge in [-0.05, 0) is 6.07 Å². The summed E-state index contributed by atoms with van der Waals surface area (Å²) in [5.41, 5.74) is -4.00. The van der Waals surface area contributed by atoms with E-state index in [1.54, 1.807) is 5.92 Å². The highest BCUT2D eigenvalue weighted by Crippen LogP contribution is 2.66. The van der Waals surface area contributed by atoms with Gasteiger partial charge in [0.2, 0.25) is 5.67 Å². The lowest BCUT2D eigenvalue weighted by molar-refractivity contribution is -0.0534. The summed E-state index contributed by atoms with van der Waals surface area (Å²) in [4.78, 5) is 49.6. The fourth-order valence-electron chi connectivity index (χ4n) is 2.39. The number of terminal acetylenes is 1. The maximum atomic E-state index is 15.2. The quantitative estimate of drug-likeness (QED) is 0.147. The molecule has 174 valence electrons. The fourth-order valence-corrected chi connectivity index (χ4v) is 5.57. The number of phosphoric ester groups is 1. The molecule has 0 saturated carbocycles. The van der Waals surface area contributed by atoms with E-state index in [4.69, 9.17) is 38.1 Å². The molecule has 2 rings (SSSR count). The number of hydrogen-bond donors (Lipinski definition) is 6. The summed E-state index contributed by atoms with van der Waals surface area (Å²) >= 11 is 4.74. The lowest BCUT2D eigenvalue weighted by atomic mass is 9.97. The Labute approximate surface area is 176 Å². The van der Waals surface area contributed by atoms with E-state index in [1.807, 2.05) is 0 Å². The number of aromatic amines is 1. The SMILES string of the molecule is C#CC1(F)C(O)C(COP(=O)(O)OP(=O)(O)OP(=O)(O)O)OC1n1ccc(=S)[nH]c1=O. The number of halogens is 1. The van der Waals surface area contributed by atoms with Crippen molar-refractivity contribution in [2.45, 2.75) is 24.1 Å². The third-order valence-corrected chi connectivity index (χ3v) is 7.63. The van der Waals surface area contributed by atoms with Crippen LogP contribution in [-0.4, -0.2) is 58.7 Å². The second-order valence-electron chi connectivity index (χ2n) is 5.79. The number of alkyl halides is 1. The second kappa shape index (κ2) is 9.05. The van der Waals surface area contributed by atoms with Crippen molar-refractivity contribution in [3.8, 4) is 12.3 Å². The zero-order chi connectivity index (χ0) is 23.8. The van der Waals surface area contributed by atoms with Crippen LogP contribution in [0.5, 0.6) is 0 Å². The molecule has 15 nitrogen and oxygen atoms in total. The van der Waals surface area contributed by atoms with Crippen LogP contribution in [0.2, 0.25) is 0 Å². The van der Waals surface area contributed by atoms with Crippen LogP contribution in [-0.2, 0) is 31.6 Å².